The topological polar surface area (TPSA) is 77.2 Å². The third-order valence-electron chi connectivity index (χ3n) is 3.67. The Morgan fingerprint density at radius 1 is 1.27 bits per heavy atom. The van der Waals surface area contributed by atoms with Gasteiger partial charge in [0.05, 0.1) is 19.9 Å². The molecule has 0 saturated carbocycles. The van der Waals surface area contributed by atoms with E-state index in [4.69, 9.17) is 32.4 Å². The van der Waals surface area contributed by atoms with E-state index in [9.17, 15) is 4.79 Å². The number of furan rings is 1. The van der Waals surface area contributed by atoms with Crippen molar-refractivity contribution in [2.75, 3.05) is 12.4 Å². The summed E-state index contributed by atoms with van der Waals surface area (Å²) in [4.78, 5) is 20.7. The van der Waals surface area contributed by atoms with E-state index >= 15 is 0 Å². The second-order valence-electron chi connectivity index (χ2n) is 5.45. The highest BCUT2D eigenvalue weighted by atomic mass is 35.5. The van der Waals surface area contributed by atoms with Crippen LogP contribution in [0.15, 0.2) is 41.0 Å². The maximum Gasteiger partial charge on any atom is 0.358 e. The molecule has 0 aliphatic carbocycles. The normalized spacial score (nSPS) is 10.6. The monoisotopic (exact) mass is 391 g/mol. The zero-order valence-electron chi connectivity index (χ0n) is 14.0. The van der Waals surface area contributed by atoms with Gasteiger partial charge >= 0.3 is 5.97 Å². The number of carbonyl (C=O) groups is 1. The first kappa shape index (κ1) is 18.2. The lowest BCUT2D eigenvalue weighted by Gasteiger charge is -2.12. The number of methoxy groups -OCH3 is 1. The van der Waals surface area contributed by atoms with E-state index in [1.165, 1.54) is 7.11 Å². The molecule has 0 bridgehead atoms. The molecule has 1 N–H and O–H groups in total. The minimum absolute atomic E-state index is 0.0298. The maximum atomic E-state index is 12.1. The number of hydrogen-bond donors (Lipinski definition) is 1. The molecule has 0 spiro atoms. The fraction of sp³-hybridized carbons (Fsp3) is 0.167. The molecule has 3 rings (SSSR count). The number of rotatable bonds is 5. The van der Waals surface area contributed by atoms with E-state index in [0.29, 0.717) is 34.5 Å². The summed E-state index contributed by atoms with van der Waals surface area (Å²) in [6.07, 6.45) is 1.57. The summed E-state index contributed by atoms with van der Waals surface area (Å²) in [5.74, 6) is 0.640. The fourth-order valence-electron chi connectivity index (χ4n) is 2.24. The molecule has 0 atom stereocenters. The van der Waals surface area contributed by atoms with Crippen molar-refractivity contribution < 1.29 is 13.9 Å². The number of carbonyl (C=O) groups excluding carboxylic acids is 1. The lowest BCUT2D eigenvalue weighted by atomic mass is 10.1. The SMILES string of the molecule is COC(=O)c1nc(-c2ccc(C)c(Cl)c2)nc(NCc2ccco2)c1Cl. The van der Waals surface area contributed by atoms with Crippen LogP contribution in [0.4, 0.5) is 5.82 Å². The van der Waals surface area contributed by atoms with Crippen molar-refractivity contribution in [2.45, 2.75) is 13.5 Å². The van der Waals surface area contributed by atoms with E-state index in [1.807, 2.05) is 25.1 Å². The average Bonchev–Trinajstić information content (AvgIpc) is 3.16. The van der Waals surface area contributed by atoms with Gasteiger partial charge in [0.2, 0.25) is 0 Å². The van der Waals surface area contributed by atoms with Gasteiger partial charge in [0, 0.05) is 10.6 Å². The van der Waals surface area contributed by atoms with Crippen LogP contribution in [0.25, 0.3) is 11.4 Å². The molecule has 0 radical (unpaired) electrons. The molecule has 0 unspecified atom stereocenters. The molecule has 0 amide bonds. The van der Waals surface area contributed by atoms with Crippen LogP contribution in [-0.2, 0) is 11.3 Å². The van der Waals surface area contributed by atoms with Crippen LogP contribution in [0, 0.1) is 6.92 Å². The summed E-state index contributed by atoms with van der Waals surface area (Å²) in [7, 11) is 1.26. The number of hydrogen-bond acceptors (Lipinski definition) is 6. The Balaban J connectivity index is 2.04. The van der Waals surface area contributed by atoms with Crippen LogP contribution in [0.5, 0.6) is 0 Å². The predicted octanol–water partition coefficient (Wildman–Crippen LogP) is 4.75. The molecular formula is C18H15Cl2N3O3. The third kappa shape index (κ3) is 3.81. The molecule has 6 nitrogen and oxygen atoms in total. The first-order valence-corrected chi connectivity index (χ1v) is 8.44. The van der Waals surface area contributed by atoms with Crippen molar-refractivity contribution in [3.05, 3.63) is 63.7 Å². The number of aromatic nitrogens is 2. The molecule has 8 heteroatoms. The van der Waals surface area contributed by atoms with Crippen molar-refractivity contribution in [2.24, 2.45) is 0 Å². The van der Waals surface area contributed by atoms with Crippen LogP contribution in [0.2, 0.25) is 10.0 Å². The highest BCUT2D eigenvalue weighted by molar-refractivity contribution is 6.35. The summed E-state index contributed by atoms with van der Waals surface area (Å²) in [5, 5.41) is 3.70. The number of aryl methyl sites for hydroxylation is 1. The predicted molar refractivity (Wildman–Crippen MR) is 99.6 cm³/mol. The van der Waals surface area contributed by atoms with Crippen molar-refractivity contribution >= 4 is 35.0 Å². The van der Waals surface area contributed by atoms with Gasteiger partial charge in [-0.15, -0.1) is 0 Å². The zero-order chi connectivity index (χ0) is 18.7. The summed E-state index contributed by atoms with van der Waals surface area (Å²) >= 11 is 12.5. The van der Waals surface area contributed by atoms with Crippen LogP contribution >= 0.6 is 23.2 Å². The highest BCUT2D eigenvalue weighted by Crippen LogP contribution is 2.29. The first-order valence-electron chi connectivity index (χ1n) is 7.68. The molecule has 2 heterocycles. The summed E-state index contributed by atoms with van der Waals surface area (Å²) < 4.78 is 10.0. The second-order valence-corrected chi connectivity index (χ2v) is 6.23. The van der Waals surface area contributed by atoms with Gasteiger partial charge in [-0.3, -0.25) is 0 Å². The number of halogens is 2. The molecule has 0 fully saturated rings. The number of ether oxygens (including phenoxy) is 1. The van der Waals surface area contributed by atoms with E-state index in [2.05, 4.69) is 15.3 Å². The van der Waals surface area contributed by atoms with Crippen LogP contribution < -0.4 is 5.32 Å². The van der Waals surface area contributed by atoms with Crippen molar-refractivity contribution in [1.29, 1.82) is 0 Å². The Hall–Kier alpha value is -2.57. The molecular weight excluding hydrogens is 377 g/mol. The summed E-state index contributed by atoms with van der Waals surface area (Å²) in [6.45, 7) is 2.24. The lowest BCUT2D eigenvalue weighted by Crippen LogP contribution is -2.11. The van der Waals surface area contributed by atoms with Crippen LogP contribution in [-0.4, -0.2) is 23.0 Å². The highest BCUT2D eigenvalue weighted by Gasteiger charge is 2.20. The first-order chi connectivity index (χ1) is 12.5. The number of benzene rings is 1. The van der Waals surface area contributed by atoms with E-state index < -0.39 is 5.97 Å². The molecule has 2 aromatic heterocycles. The molecule has 0 aliphatic rings. The fourth-order valence-corrected chi connectivity index (χ4v) is 2.65. The number of anilines is 1. The summed E-state index contributed by atoms with van der Waals surface area (Å²) in [5.41, 5.74) is 1.55. The summed E-state index contributed by atoms with van der Waals surface area (Å²) in [6, 6.07) is 8.99. The number of nitrogens with zero attached hydrogens (tertiary/aromatic N) is 2. The van der Waals surface area contributed by atoms with E-state index in [-0.39, 0.29) is 10.7 Å². The largest absolute Gasteiger partial charge is 0.467 e. The van der Waals surface area contributed by atoms with Crippen molar-refractivity contribution in [3.63, 3.8) is 0 Å². The Morgan fingerprint density at radius 3 is 2.73 bits per heavy atom. The molecule has 26 heavy (non-hydrogen) atoms. The number of nitrogens with one attached hydrogen (secondary N) is 1. The molecule has 1 aromatic carbocycles. The third-order valence-corrected chi connectivity index (χ3v) is 4.44. The Bertz CT molecular complexity index is 943. The van der Waals surface area contributed by atoms with Crippen molar-refractivity contribution in [1.82, 2.24) is 9.97 Å². The molecule has 0 saturated heterocycles. The number of esters is 1. The van der Waals surface area contributed by atoms with Crippen LogP contribution in [0.1, 0.15) is 21.8 Å². The molecule has 0 aliphatic heterocycles. The van der Waals surface area contributed by atoms with Gasteiger partial charge < -0.3 is 14.5 Å². The van der Waals surface area contributed by atoms with Crippen LogP contribution in [0.3, 0.4) is 0 Å². The van der Waals surface area contributed by atoms with Gasteiger partial charge in [0.25, 0.3) is 0 Å². The van der Waals surface area contributed by atoms with Gasteiger partial charge in [0.15, 0.2) is 11.5 Å². The Labute approximate surface area is 160 Å². The molecule has 134 valence electrons. The van der Waals surface area contributed by atoms with Gasteiger partial charge in [-0.05, 0) is 30.7 Å². The minimum Gasteiger partial charge on any atom is -0.467 e. The van der Waals surface area contributed by atoms with Gasteiger partial charge in [-0.25, -0.2) is 14.8 Å². The van der Waals surface area contributed by atoms with E-state index in [1.54, 1.807) is 18.4 Å². The standard InChI is InChI=1S/C18H15Cl2N3O3/c1-10-5-6-11(8-13(10)19)16-22-15(18(24)25-2)14(20)17(23-16)21-9-12-4-3-7-26-12/h3-8H,9H2,1-2H3,(H,21,22,23). The minimum atomic E-state index is -0.655. The molecule has 3 aromatic rings. The van der Waals surface area contributed by atoms with Gasteiger partial charge in [0.1, 0.15) is 16.6 Å². The van der Waals surface area contributed by atoms with Gasteiger partial charge in [-0.1, -0.05) is 35.3 Å². The van der Waals surface area contributed by atoms with Gasteiger partial charge in [-0.2, -0.15) is 0 Å². The zero-order valence-corrected chi connectivity index (χ0v) is 15.6. The smallest absolute Gasteiger partial charge is 0.358 e. The second kappa shape index (κ2) is 7.76. The quantitative estimate of drug-likeness (QED) is 0.632. The Morgan fingerprint density at radius 2 is 2.08 bits per heavy atom. The maximum absolute atomic E-state index is 12.1. The Kier molecular flexibility index (Phi) is 5.44. The average molecular weight is 392 g/mol. The van der Waals surface area contributed by atoms with E-state index in [0.717, 1.165) is 5.56 Å². The van der Waals surface area contributed by atoms with Crippen molar-refractivity contribution in [3.8, 4) is 11.4 Å². The lowest BCUT2D eigenvalue weighted by molar-refractivity contribution is 0.0594.